The van der Waals surface area contributed by atoms with Crippen LogP contribution in [0, 0.1) is 0 Å². The van der Waals surface area contributed by atoms with E-state index >= 15 is 0 Å². The molecule has 0 aliphatic rings. The van der Waals surface area contributed by atoms with Gasteiger partial charge >= 0.3 is 12.4 Å². The second-order valence-electron chi connectivity index (χ2n) is 5.74. The second kappa shape index (κ2) is 7.01. The quantitative estimate of drug-likeness (QED) is 0.578. The van der Waals surface area contributed by atoms with Crippen molar-refractivity contribution in [1.29, 1.82) is 0 Å². The van der Waals surface area contributed by atoms with Gasteiger partial charge in [0, 0.05) is 5.02 Å². The van der Waals surface area contributed by atoms with Gasteiger partial charge in [-0.2, -0.15) is 26.3 Å². The minimum atomic E-state index is -4.85. The van der Waals surface area contributed by atoms with Crippen molar-refractivity contribution >= 4 is 34.2 Å². The highest BCUT2D eigenvalue weighted by Gasteiger charge is 2.38. The minimum absolute atomic E-state index is 0.00472. The second-order valence-corrected chi connectivity index (χ2v) is 6.18. The van der Waals surface area contributed by atoms with Crippen molar-refractivity contribution in [2.75, 3.05) is 5.32 Å². The highest BCUT2D eigenvalue weighted by Crippen LogP contribution is 2.37. The lowest BCUT2D eigenvalue weighted by Crippen LogP contribution is -2.24. The lowest BCUT2D eigenvalue weighted by atomic mass is 10.1. The normalized spacial score (nSPS) is 12.4. The van der Waals surface area contributed by atoms with E-state index in [9.17, 15) is 31.1 Å². The minimum Gasteiger partial charge on any atom is -0.324 e. The van der Waals surface area contributed by atoms with Gasteiger partial charge in [0.2, 0.25) is 11.7 Å². The summed E-state index contributed by atoms with van der Waals surface area (Å²) in [4.78, 5) is 15.7. The van der Waals surface area contributed by atoms with Gasteiger partial charge in [-0.25, -0.2) is 4.98 Å². The zero-order valence-corrected chi connectivity index (χ0v) is 14.5. The maximum absolute atomic E-state index is 13.3. The summed E-state index contributed by atoms with van der Waals surface area (Å²) in [5.74, 6) is -2.41. The molecule has 0 spiro atoms. The van der Waals surface area contributed by atoms with Gasteiger partial charge in [-0.05, 0) is 30.3 Å². The molecule has 0 fully saturated rings. The van der Waals surface area contributed by atoms with E-state index in [2.05, 4.69) is 4.98 Å². The van der Waals surface area contributed by atoms with Gasteiger partial charge in [0.1, 0.15) is 6.54 Å². The number of fused-ring (bicyclic) bond motifs is 1. The number of benzene rings is 2. The van der Waals surface area contributed by atoms with Crippen LogP contribution in [0.15, 0.2) is 42.5 Å². The number of alkyl halides is 6. The van der Waals surface area contributed by atoms with Crippen molar-refractivity contribution in [1.82, 2.24) is 9.55 Å². The first-order valence-electron chi connectivity index (χ1n) is 7.66. The van der Waals surface area contributed by atoms with E-state index in [0.717, 1.165) is 12.1 Å². The SMILES string of the molecule is O=C(Cn1c(C(F)(F)F)nc2ccccc21)Nc1ccc(Cl)cc1C(F)(F)F. The molecule has 3 aromatic rings. The predicted octanol–water partition coefficient (Wildman–Crippen LogP) is 5.37. The number of carbonyl (C=O) groups is 1. The van der Waals surface area contributed by atoms with E-state index in [1.54, 1.807) is 0 Å². The fraction of sp³-hybridized carbons (Fsp3) is 0.176. The summed E-state index contributed by atoms with van der Waals surface area (Å²) in [6.45, 7) is -0.880. The Bertz CT molecular complexity index is 1040. The molecule has 148 valence electrons. The van der Waals surface area contributed by atoms with E-state index in [1.165, 1.54) is 24.3 Å². The fourth-order valence-corrected chi connectivity index (χ4v) is 2.82. The van der Waals surface area contributed by atoms with E-state index in [1.807, 2.05) is 5.32 Å². The number of para-hydroxylation sites is 2. The van der Waals surface area contributed by atoms with Crippen LogP contribution in [0.4, 0.5) is 32.0 Å². The van der Waals surface area contributed by atoms with Gasteiger partial charge in [0.25, 0.3) is 0 Å². The molecule has 0 atom stereocenters. The smallest absolute Gasteiger partial charge is 0.324 e. The van der Waals surface area contributed by atoms with Crippen molar-refractivity contribution in [3.05, 3.63) is 58.9 Å². The molecule has 0 saturated heterocycles. The zero-order chi connectivity index (χ0) is 20.7. The maximum Gasteiger partial charge on any atom is 0.449 e. The standard InChI is InChI=1S/C17H10ClF6N3O/c18-9-5-6-11(10(7-9)16(19,20)21)25-14(28)8-27-13-4-2-1-3-12(13)26-15(27)17(22,23)24/h1-7H,8H2,(H,25,28). The first-order chi connectivity index (χ1) is 13.0. The van der Waals surface area contributed by atoms with Crippen LogP contribution in [0.1, 0.15) is 11.4 Å². The van der Waals surface area contributed by atoms with Crippen LogP contribution in [0.25, 0.3) is 11.0 Å². The summed E-state index contributed by atoms with van der Waals surface area (Å²) in [6, 6.07) is 8.27. The fourth-order valence-electron chi connectivity index (χ4n) is 2.65. The predicted molar refractivity (Wildman–Crippen MR) is 89.8 cm³/mol. The van der Waals surface area contributed by atoms with Gasteiger partial charge in [0.15, 0.2) is 0 Å². The van der Waals surface area contributed by atoms with Crippen molar-refractivity contribution in [2.24, 2.45) is 0 Å². The van der Waals surface area contributed by atoms with Gasteiger partial charge in [-0.15, -0.1) is 0 Å². The Morgan fingerprint density at radius 2 is 1.71 bits per heavy atom. The topological polar surface area (TPSA) is 46.9 Å². The highest BCUT2D eigenvalue weighted by atomic mass is 35.5. The van der Waals surface area contributed by atoms with Crippen LogP contribution >= 0.6 is 11.6 Å². The van der Waals surface area contributed by atoms with Crippen LogP contribution in [-0.4, -0.2) is 15.5 Å². The van der Waals surface area contributed by atoms with Crippen molar-refractivity contribution in [2.45, 2.75) is 18.9 Å². The van der Waals surface area contributed by atoms with Crippen LogP contribution in [0.5, 0.6) is 0 Å². The van der Waals surface area contributed by atoms with E-state index in [4.69, 9.17) is 11.6 Å². The Morgan fingerprint density at radius 1 is 1.04 bits per heavy atom. The number of nitrogens with zero attached hydrogens (tertiary/aromatic N) is 2. The molecule has 4 nitrogen and oxygen atoms in total. The molecule has 1 N–H and O–H groups in total. The molecule has 0 bridgehead atoms. The molecule has 11 heteroatoms. The molecule has 1 aromatic heterocycles. The number of rotatable bonds is 3. The number of imidazole rings is 1. The Labute approximate surface area is 158 Å². The monoisotopic (exact) mass is 421 g/mol. The van der Waals surface area contributed by atoms with Crippen molar-refractivity contribution < 1.29 is 31.1 Å². The molecule has 0 saturated carbocycles. The number of carbonyl (C=O) groups excluding carboxylic acids is 1. The Morgan fingerprint density at radius 3 is 2.36 bits per heavy atom. The van der Waals surface area contributed by atoms with Crippen LogP contribution in [0.3, 0.4) is 0 Å². The molecule has 0 radical (unpaired) electrons. The van der Waals surface area contributed by atoms with Crippen molar-refractivity contribution in [3.8, 4) is 0 Å². The van der Waals surface area contributed by atoms with Crippen LogP contribution < -0.4 is 5.32 Å². The molecule has 1 amide bonds. The van der Waals surface area contributed by atoms with E-state index < -0.39 is 41.9 Å². The van der Waals surface area contributed by atoms with Gasteiger partial charge < -0.3 is 9.88 Å². The summed E-state index contributed by atoms with van der Waals surface area (Å²) in [7, 11) is 0. The number of anilines is 1. The lowest BCUT2D eigenvalue weighted by Gasteiger charge is -2.15. The molecule has 0 unspecified atom stereocenters. The zero-order valence-electron chi connectivity index (χ0n) is 13.7. The number of amides is 1. The third-order valence-electron chi connectivity index (χ3n) is 3.77. The third kappa shape index (κ3) is 4.06. The summed E-state index contributed by atoms with van der Waals surface area (Å²) < 4.78 is 79.7. The first-order valence-corrected chi connectivity index (χ1v) is 8.03. The molecule has 28 heavy (non-hydrogen) atoms. The Hall–Kier alpha value is -2.75. The largest absolute Gasteiger partial charge is 0.449 e. The molecule has 3 rings (SSSR count). The average Bonchev–Trinajstić information content (AvgIpc) is 2.94. The average molecular weight is 422 g/mol. The first kappa shape index (κ1) is 20.0. The van der Waals surface area contributed by atoms with E-state index in [-0.39, 0.29) is 16.1 Å². The van der Waals surface area contributed by atoms with Gasteiger partial charge in [-0.3, -0.25) is 4.79 Å². The molecular formula is C17H10ClF6N3O. The molecule has 0 aliphatic heterocycles. The Balaban J connectivity index is 1.95. The number of halogens is 7. The van der Waals surface area contributed by atoms with E-state index in [0.29, 0.717) is 10.6 Å². The van der Waals surface area contributed by atoms with Gasteiger partial charge in [-0.1, -0.05) is 23.7 Å². The summed E-state index contributed by atoms with van der Waals surface area (Å²) >= 11 is 5.56. The summed E-state index contributed by atoms with van der Waals surface area (Å²) in [5.41, 5.74) is -1.79. The number of nitrogens with one attached hydrogen (secondary N) is 1. The van der Waals surface area contributed by atoms with Crippen LogP contribution in [0.2, 0.25) is 5.02 Å². The molecule has 1 heterocycles. The number of hydrogen-bond donors (Lipinski definition) is 1. The summed E-state index contributed by atoms with van der Waals surface area (Å²) in [5, 5.41) is 1.79. The molecular weight excluding hydrogens is 412 g/mol. The third-order valence-corrected chi connectivity index (χ3v) is 4.01. The van der Waals surface area contributed by atoms with Crippen LogP contribution in [-0.2, 0) is 23.7 Å². The number of aromatic nitrogens is 2. The maximum atomic E-state index is 13.3. The number of hydrogen-bond acceptors (Lipinski definition) is 2. The van der Waals surface area contributed by atoms with Crippen molar-refractivity contribution in [3.63, 3.8) is 0 Å². The lowest BCUT2D eigenvalue weighted by molar-refractivity contribution is -0.147. The Kier molecular flexibility index (Phi) is 5.00. The molecule has 2 aromatic carbocycles. The van der Waals surface area contributed by atoms with Gasteiger partial charge in [0.05, 0.1) is 22.3 Å². The highest BCUT2D eigenvalue weighted by molar-refractivity contribution is 6.30. The summed E-state index contributed by atoms with van der Waals surface area (Å²) in [6.07, 6.45) is -9.66. The molecule has 0 aliphatic carbocycles.